The van der Waals surface area contributed by atoms with Crippen molar-refractivity contribution in [3.05, 3.63) is 57.3 Å². The third kappa shape index (κ3) is 5.71. The molecule has 124 valence electrons. The van der Waals surface area contributed by atoms with E-state index in [1.54, 1.807) is 11.3 Å². The molecular formula is C17H18F3NOS. The van der Waals surface area contributed by atoms with Crippen molar-refractivity contribution in [2.24, 2.45) is 0 Å². The van der Waals surface area contributed by atoms with Crippen LogP contribution in [0.15, 0.2) is 36.4 Å². The second kappa shape index (κ2) is 7.64. The van der Waals surface area contributed by atoms with Gasteiger partial charge in [-0.3, -0.25) is 4.79 Å². The maximum absolute atomic E-state index is 12.5. The average Bonchev–Trinajstić information content (AvgIpc) is 2.90. The molecule has 0 unspecified atom stereocenters. The Balaban J connectivity index is 1.71. The van der Waals surface area contributed by atoms with Crippen LogP contribution in [0.1, 0.15) is 27.3 Å². The molecule has 1 amide bonds. The lowest BCUT2D eigenvalue weighted by atomic mass is 10.1. The molecule has 0 aliphatic rings. The largest absolute Gasteiger partial charge is 0.416 e. The lowest BCUT2D eigenvalue weighted by Gasteiger charge is -2.08. The summed E-state index contributed by atoms with van der Waals surface area (Å²) in [5.74, 6) is -0.0850. The van der Waals surface area contributed by atoms with E-state index in [1.807, 2.05) is 19.1 Å². The Morgan fingerprint density at radius 3 is 2.35 bits per heavy atom. The SMILES string of the molecule is Cc1ccc(CCNC(=O)CCc2ccc(C(F)(F)F)cc2)s1. The van der Waals surface area contributed by atoms with E-state index in [-0.39, 0.29) is 12.3 Å². The topological polar surface area (TPSA) is 29.1 Å². The third-order valence-electron chi connectivity index (χ3n) is 3.41. The molecule has 0 spiro atoms. The van der Waals surface area contributed by atoms with Crippen molar-refractivity contribution < 1.29 is 18.0 Å². The third-order valence-corrected chi connectivity index (χ3v) is 4.47. The molecule has 0 aliphatic carbocycles. The molecule has 2 aromatic rings. The van der Waals surface area contributed by atoms with Gasteiger partial charge in [-0.05, 0) is 49.6 Å². The van der Waals surface area contributed by atoms with Crippen LogP contribution in [0.25, 0.3) is 0 Å². The minimum absolute atomic E-state index is 0.0850. The number of amides is 1. The molecule has 0 radical (unpaired) electrons. The van der Waals surface area contributed by atoms with Crippen LogP contribution in [0, 0.1) is 6.92 Å². The van der Waals surface area contributed by atoms with Gasteiger partial charge in [0.05, 0.1) is 5.56 Å². The molecule has 2 rings (SSSR count). The summed E-state index contributed by atoms with van der Waals surface area (Å²) < 4.78 is 37.4. The van der Waals surface area contributed by atoms with Gasteiger partial charge in [-0.1, -0.05) is 12.1 Å². The van der Waals surface area contributed by atoms with Crippen molar-refractivity contribution in [1.29, 1.82) is 0 Å². The van der Waals surface area contributed by atoms with Crippen molar-refractivity contribution in [2.75, 3.05) is 6.54 Å². The van der Waals surface area contributed by atoms with Crippen LogP contribution in [0.2, 0.25) is 0 Å². The molecule has 0 aliphatic heterocycles. The highest BCUT2D eigenvalue weighted by Gasteiger charge is 2.29. The van der Waals surface area contributed by atoms with Gasteiger partial charge in [-0.15, -0.1) is 11.3 Å². The number of carbonyl (C=O) groups excluding carboxylic acids is 1. The summed E-state index contributed by atoms with van der Waals surface area (Å²) in [6.45, 7) is 2.61. The number of nitrogens with one attached hydrogen (secondary N) is 1. The van der Waals surface area contributed by atoms with Crippen LogP contribution in [-0.4, -0.2) is 12.5 Å². The van der Waals surface area contributed by atoms with Crippen LogP contribution in [0.5, 0.6) is 0 Å². The van der Waals surface area contributed by atoms with Crippen LogP contribution >= 0.6 is 11.3 Å². The number of benzene rings is 1. The van der Waals surface area contributed by atoms with E-state index in [0.29, 0.717) is 13.0 Å². The van der Waals surface area contributed by atoms with Gasteiger partial charge in [-0.2, -0.15) is 13.2 Å². The predicted molar refractivity (Wildman–Crippen MR) is 85.5 cm³/mol. The highest BCUT2D eigenvalue weighted by Crippen LogP contribution is 2.29. The lowest BCUT2D eigenvalue weighted by molar-refractivity contribution is -0.137. The summed E-state index contributed by atoms with van der Waals surface area (Å²) in [4.78, 5) is 14.2. The molecule has 0 atom stereocenters. The van der Waals surface area contributed by atoms with E-state index in [1.165, 1.54) is 21.9 Å². The quantitative estimate of drug-likeness (QED) is 0.831. The first kappa shape index (κ1) is 17.5. The second-order valence-corrected chi connectivity index (χ2v) is 6.68. The summed E-state index contributed by atoms with van der Waals surface area (Å²) >= 11 is 1.71. The molecule has 0 bridgehead atoms. The second-order valence-electron chi connectivity index (χ2n) is 5.31. The number of aryl methyl sites for hydroxylation is 2. The van der Waals surface area contributed by atoms with Gasteiger partial charge >= 0.3 is 6.18 Å². The molecule has 6 heteroatoms. The molecule has 0 saturated heterocycles. The Morgan fingerprint density at radius 2 is 1.78 bits per heavy atom. The van der Waals surface area contributed by atoms with E-state index in [2.05, 4.69) is 5.32 Å². The van der Waals surface area contributed by atoms with Gasteiger partial charge in [0.25, 0.3) is 0 Å². The van der Waals surface area contributed by atoms with Crippen molar-refractivity contribution in [1.82, 2.24) is 5.32 Å². The number of alkyl halides is 3. The van der Waals surface area contributed by atoms with Gasteiger partial charge in [0, 0.05) is 22.7 Å². The summed E-state index contributed by atoms with van der Waals surface area (Å²) in [6, 6.07) is 9.04. The number of rotatable bonds is 6. The minimum Gasteiger partial charge on any atom is -0.356 e. The Labute approximate surface area is 137 Å². The lowest BCUT2D eigenvalue weighted by Crippen LogP contribution is -2.25. The smallest absolute Gasteiger partial charge is 0.356 e. The maximum atomic E-state index is 12.5. The zero-order chi connectivity index (χ0) is 16.9. The zero-order valence-electron chi connectivity index (χ0n) is 12.7. The van der Waals surface area contributed by atoms with Gasteiger partial charge in [0.2, 0.25) is 5.91 Å². The number of thiophene rings is 1. The fraction of sp³-hybridized carbons (Fsp3) is 0.353. The fourth-order valence-electron chi connectivity index (χ4n) is 2.15. The molecule has 1 N–H and O–H groups in total. The zero-order valence-corrected chi connectivity index (χ0v) is 13.6. The molecule has 1 aromatic heterocycles. The van der Waals surface area contributed by atoms with Gasteiger partial charge in [0.1, 0.15) is 0 Å². The first-order valence-electron chi connectivity index (χ1n) is 7.33. The van der Waals surface area contributed by atoms with Crippen LogP contribution < -0.4 is 5.32 Å². The van der Waals surface area contributed by atoms with Gasteiger partial charge < -0.3 is 5.32 Å². The minimum atomic E-state index is -4.32. The molecule has 1 heterocycles. The fourth-order valence-corrected chi connectivity index (χ4v) is 3.04. The number of halogens is 3. The van der Waals surface area contributed by atoms with Crippen LogP contribution in [0.3, 0.4) is 0 Å². The molecule has 23 heavy (non-hydrogen) atoms. The van der Waals surface area contributed by atoms with Crippen molar-refractivity contribution in [3.8, 4) is 0 Å². The highest BCUT2D eigenvalue weighted by atomic mass is 32.1. The van der Waals surface area contributed by atoms with Crippen molar-refractivity contribution >= 4 is 17.2 Å². The first-order chi connectivity index (χ1) is 10.8. The van der Waals surface area contributed by atoms with E-state index in [4.69, 9.17) is 0 Å². The normalized spacial score (nSPS) is 11.5. The van der Waals surface area contributed by atoms with E-state index in [9.17, 15) is 18.0 Å². The monoisotopic (exact) mass is 341 g/mol. The maximum Gasteiger partial charge on any atom is 0.416 e. The van der Waals surface area contributed by atoms with E-state index < -0.39 is 11.7 Å². The molecule has 2 nitrogen and oxygen atoms in total. The Bertz CT molecular complexity index is 647. The standard InChI is InChI=1S/C17H18F3NOS/c1-12-2-8-15(23-12)10-11-21-16(22)9-5-13-3-6-14(7-4-13)17(18,19)20/h2-4,6-8H,5,9-11H2,1H3,(H,21,22). The molecular weight excluding hydrogens is 323 g/mol. The number of carbonyl (C=O) groups is 1. The van der Waals surface area contributed by atoms with Crippen LogP contribution in [-0.2, 0) is 23.8 Å². The summed E-state index contributed by atoms with van der Waals surface area (Å²) in [5.41, 5.74) is 0.0546. The molecule has 0 saturated carbocycles. The van der Waals surface area contributed by atoms with Gasteiger partial charge in [0.15, 0.2) is 0 Å². The predicted octanol–water partition coefficient (Wildman–Crippen LogP) is 4.37. The Kier molecular flexibility index (Phi) is 5.82. The highest BCUT2D eigenvalue weighted by molar-refractivity contribution is 7.11. The first-order valence-corrected chi connectivity index (χ1v) is 8.14. The van der Waals surface area contributed by atoms with E-state index >= 15 is 0 Å². The summed E-state index contributed by atoms with van der Waals surface area (Å²) in [7, 11) is 0. The molecule has 0 fully saturated rings. The molecule has 1 aromatic carbocycles. The van der Waals surface area contributed by atoms with Gasteiger partial charge in [-0.25, -0.2) is 0 Å². The average molecular weight is 341 g/mol. The van der Waals surface area contributed by atoms with Crippen LogP contribution in [0.4, 0.5) is 13.2 Å². The summed E-state index contributed by atoms with van der Waals surface area (Å²) in [6.07, 6.45) is -2.82. The number of hydrogen-bond donors (Lipinski definition) is 1. The van der Waals surface area contributed by atoms with Crippen molar-refractivity contribution in [3.63, 3.8) is 0 Å². The Hall–Kier alpha value is -1.82. The number of hydrogen-bond acceptors (Lipinski definition) is 2. The Morgan fingerprint density at radius 1 is 1.09 bits per heavy atom. The van der Waals surface area contributed by atoms with Crippen molar-refractivity contribution in [2.45, 2.75) is 32.4 Å². The summed E-state index contributed by atoms with van der Waals surface area (Å²) in [5, 5.41) is 2.83. The van der Waals surface area contributed by atoms with E-state index in [0.717, 1.165) is 24.1 Å².